The second kappa shape index (κ2) is 7.55. The lowest BCUT2D eigenvalue weighted by Crippen LogP contribution is -1.86. The molecule has 0 spiro atoms. The van der Waals surface area contributed by atoms with Crippen LogP contribution in [0.3, 0.4) is 0 Å². The first-order valence-electron chi connectivity index (χ1n) is 11.5. The molecule has 0 bridgehead atoms. The van der Waals surface area contributed by atoms with Crippen molar-refractivity contribution >= 4 is 43.5 Å². The van der Waals surface area contributed by atoms with Crippen molar-refractivity contribution in [2.45, 2.75) is 0 Å². The molecule has 0 saturated heterocycles. The monoisotopic (exact) mass is 446 g/mol. The van der Waals surface area contributed by atoms with Crippen LogP contribution in [0.25, 0.3) is 65.7 Å². The van der Waals surface area contributed by atoms with E-state index in [0.717, 1.165) is 44.2 Å². The SMILES string of the molecule is N#Cc1cncc(-c2cccc(-c3cc4oc5ccc6ccccc6c5c4c4ccccc34)c2)c1. The highest BCUT2D eigenvalue weighted by Gasteiger charge is 2.17. The Morgan fingerprint density at radius 2 is 1.37 bits per heavy atom. The molecule has 0 N–H and O–H groups in total. The van der Waals surface area contributed by atoms with E-state index in [1.165, 1.54) is 21.5 Å². The molecule has 0 unspecified atom stereocenters. The molecule has 0 saturated carbocycles. The third-order valence-corrected chi connectivity index (χ3v) is 6.74. The van der Waals surface area contributed by atoms with Crippen LogP contribution in [0, 0.1) is 11.3 Å². The van der Waals surface area contributed by atoms with Gasteiger partial charge in [0, 0.05) is 28.7 Å². The molecule has 0 fully saturated rings. The molecule has 0 amide bonds. The Kier molecular flexibility index (Phi) is 4.21. The van der Waals surface area contributed by atoms with Crippen LogP contribution in [-0.4, -0.2) is 4.98 Å². The van der Waals surface area contributed by atoms with Crippen molar-refractivity contribution in [1.82, 2.24) is 4.98 Å². The molecule has 0 aliphatic rings. The van der Waals surface area contributed by atoms with Crippen LogP contribution < -0.4 is 0 Å². The zero-order valence-electron chi connectivity index (χ0n) is 18.7. The molecule has 3 nitrogen and oxygen atoms in total. The number of furan rings is 1. The molecule has 3 heteroatoms. The first kappa shape index (κ1) is 19.5. The minimum absolute atomic E-state index is 0.550. The lowest BCUT2D eigenvalue weighted by atomic mass is 9.92. The summed E-state index contributed by atoms with van der Waals surface area (Å²) in [5, 5.41) is 16.4. The summed E-state index contributed by atoms with van der Waals surface area (Å²) in [6, 6.07) is 35.8. The van der Waals surface area contributed by atoms with Crippen LogP contribution in [0.1, 0.15) is 5.56 Å². The Bertz CT molecular complexity index is 1970. The number of pyridine rings is 1. The van der Waals surface area contributed by atoms with E-state index in [1.807, 2.05) is 6.07 Å². The third-order valence-electron chi connectivity index (χ3n) is 6.74. The maximum Gasteiger partial charge on any atom is 0.136 e. The Balaban J connectivity index is 1.53. The summed E-state index contributed by atoms with van der Waals surface area (Å²) in [7, 11) is 0. The standard InChI is InChI=1S/C32H18N2O/c33-17-20-14-24(19-34-18-20)22-7-5-8-23(15-22)28-16-30-32(27-11-4-3-10-26(27)28)31-25-9-2-1-6-21(25)12-13-29(31)35-30/h1-16,18-19H. The minimum atomic E-state index is 0.550. The molecule has 0 aliphatic carbocycles. The predicted molar refractivity (Wildman–Crippen MR) is 142 cm³/mol. The van der Waals surface area contributed by atoms with Crippen molar-refractivity contribution in [3.8, 4) is 28.3 Å². The maximum atomic E-state index is 9.29. The molecule has 5 aromatic carbocycles. The molecule has 2 aromatic heterocycles. The summed E-state index contributed by atoms with van der Waals surface area (Å²) in [5.74, 6) is 0. The molecule has 0 atom stereocenters. The van der Waals surface area contributed by atoms with E-state index >= 15 is 0 Å². The van der Waals surface area contributed by atoms with Crippen LogP contribution in [-0.2, 0) is 0 Å². The number of nitrogens with zero attached hydrogens (tertiary/aromatic N) is 2. The van der Waals surface area contributed by atoms with E-state index < -0.39 is 0 Å². The van der Waals surface area contributed by atoms with Crippen LogP contribution in [0.15, 0.2) is 114 Å². The number of benzene rings is 5. The lowest BCUT2D eigenvalue weighted by molar-refractivity contribution is 0.669. The highest BCUT2D eigenvalue weighted by molar-refractivity contribution is 6.28. The molecule has 0 radical (unpaired) electrons. The van der Waals surface area contributed by atoms with Gasteiger partial charge < -0.3 is 4.42 Å². The average Bonchev–Trinajstić information content (AvgIpc) is 3.32. The number of hydrogen-bond acceptors (Lipinski definition) is 3. The first-order chi connectivity index (χ1) is 17.3. The Hall–Kier alpha value is -4.94. The van der Waals surface area contributed by atoms with Gasteiger partial charge in [-0.05, 0) is 62.5 Å². The van der Waals surface area contributed by atoms with Gasteiger partial charge in [-0.1, -0.05) is 72.8 Å². The lowest BCUT2D eigenvalue weighted by Gasteiger charge is -2.10. The number of aromatic nitrogens is 1. The molecule has 35 heavy (non-hydrogen) atoms. The van der Waals surface area contributed by atoms with E-state index in [2.05, 4.69) is 102 Å². The molecular formula is C32H18N2O. The Morgan fingerprint density at radius 3 is 2.26 bits per heavy atom. The summed E-state index contributed by atoms with van der Waals surface area (Å²) in [5.41, 5.74) is 6.47. The number of rotatable bonds is 2. The van der Waals surface area contributed by atoms with E-state index in [9.17, 15) is 5.26 Å². The van der Waals surface area contributed by atoms with Gasteiger partial charge in [-0.15, -0.1) is 0 Å². The predicted octanol–water partition coefficient (Wildman–Crippen LogP) is 8.49. The van der Waals surface area contributed by atoms with Crippen molar-refractivity contribution in [2.75, 3.05) is 0 Å². The minimum Gasteiger partial charge on any atom is -0.456 e. The summed E-state index contributed by atoms with van der Waals surface area (Å²) in [4.78, 5) is 4.24. The van der Waals surface area contributed by atoms with Crippen molar-refractivity contribution in [1.29, 1.82) is 5.26 Å². The number of fused-ring (bicyclic) bond motifs is 7. The van der Waals surface area contributed by atoms with Gasteiger partial charge in [0.15, 0.2) is 0 Å². The third kappa shape index (κ3) is 3.01. The van der Waals surface area contributed by atoms with E-state index in [4.69, 9.17) is 4.42 Å². The second-order valence-electron chi connectivity index (χ2n) is 8.76. The van der Waals surface area contributed by atoms with E-state index in [1.54, 1.807) is 12.4 Å². The van der Waals surface area contributed by atoms with Gasteiger partial charge in [-0.3, -0.25) is 4.98 Å². The van der Waals surface area contributed by atoms with Gasteiger partial charge in [0.1, 0.15) is 17.2 Å². The molecule has 0 aliphatic heterocycles. The maximum absolute atomic E-state index is 9.29. The fourth-order valence-electron chi connectivity index (χ4n) is 5.17. The van der Waals surface area contributed by atoms with Gasteiger partial charge in [0.05, 0.1) is 5.56 Å². The van der Waals surface area contributed by atoms with Crippen LogP contribution >= 0.6 is 0 Å². The molecule has 162 valence electrons. The first-order valence-corrected chi connectivity index (χ1v) is 11.5. The van der Waals surface area contributed by atoms with E-state index in [-0.39, 0.29) is 0 Å². The van der Waals surface area contributed by atoms with Crippen molar-refractivity contribution in [2.24, 2.45) is 0 Å². The molecule has 2 heterocycles. The average molecular weight is 447 g/mol. The van der Waals surface area contributed by atoms with Gasteiger partial charge >= 0.3 is 0 Å². The van der Waals surface area contributed by atoms with Crippen molar-refractivity contribution < 1.29 is 4.42 Å². The fraction of sp³-hybridized carbons (Fsp3) is 0. The highest BCUT2D eigenvalue weighted by Crippen LogP contribution is 2.42. The summed E-state index contributed by atoms with van der Waals surface area (Å²) in [6.45, 7) is 0. The van der Waals surface area contributed by atoms with E-state index in [0.29, 0.717) is 5.56 Å². The largest absolute Gasteiger partial charge is 0.456 e. The van der Waals surface area contributed by atoms with Crippen LogP contribution in [0.4, 0.5) is 0 Å². The van der Waals surface area contributed by atoms with Crippen molar-refractivity contribution in [3.05, 3.63) is 115 Å². The van der Waals surface area contributed by atoms with Crippen molar-refractivity contribution in [3.63, 3.8) is 0 Å². The molecule has 7 rings (SSSR count). The summed E-state index contributed by atoms with van der Waals surface area (Å²) >= 11 is 0. The summed E-state index contributed by atoms with van der Waals surface area (Å²) in [6.07, 6.45) is 3.38. The van der Waals surface area contributed by atoms with Gasteiger partial charge in [0.25, 0.3) is 0 Å². The summed E-state index contributed by atoms with van der Waals surface area (Å²) < 4.78 is 6.43. The number of hydrogen-bond donors (Lipinski definition) is 0. The van der Waals surface area contributed by atoms with Gasteiger partial charge in [-0.25, -0.2) is 0 Å². The number of nitriles is 1. The Morgan fingerprint density at radius 1 is 0.600 bits per heavy atom. The Labute approximate surface area is 201 Å². The van der Waals surface area contributed by atoms with Crippen LogP contribution in [0.2, 0.25) is 0 Å². The fourth-order valence-corrected chi connectivity index (χ4v) is 5.17. The van der Waals surface area contributed by atoms with Gasteiger partial charge in [-0.2, -0.15) is 5.26 Å². The molecular weight excluding hydrogens is 428 g/mol. The highest BCUT2D eigenvalue weighted by atomic mass is 16.3. The normalized spacial score (nSPS) is 11.4. The smallest absolute Gasteiger partial charge is 0.136 e. The van der Waals surface area contributed by atoms with Crippen LogP contribution in [0.5, 0.6) is 0 Å². The second-order valence-corrected chi connectivity index (χ2v) is 8.76. The zero-order chi connectivity index (χ0) is 23.4. The zero-order valence-corrected chi connectivity index (χ0v) is 18.7. The molecule has 7 aromatic rings. The van der Waals surface area contributed by atoms with Gasteiger partial charge in [0.2, 0.25) is 0 Å². The topological polar surface area (TPSA) is 49.8 Å². The quantitative estimate of drug-likeness (QED) is 0.267.